The van der Waals surface area contributed by atoms with Gasteiger partial charge in [-0.2, -0.15) is 0 Å². The van der Waals surface area contributed by atoms with Crippen molar-refractivity contribution in [1.29, 1.82) is 0 Å². The Morgan fingerprint density at radius 1 is 1.29 bits per heavy atom. The fourth-order valence-corrected chi connectivity index (χ4v) is 2.56. The minimum atomic E-state index is -0.405. The van der Waals surface area contributed by atoms with E-state index >= 15 is 0 Å². The molecule has 1 aromatic heterocycles. The van der Waals surface area contributed by atoms with E-state index in [9.17, 15) is 9.90 Å². The number of aliphatic hydroxyl groups excluding tert-OH is 1. The van der Waals surface area contributed by atoms with Gasteiger partial charge in [-0.25, -0.2) is 0 Å². The van der Waals surface area contributed by atoms with Crippen molar-refractivity contribution in [3.05, 3.63) is 54.4 Å². The fraction of sp³-hybridized carbons (Fsp3) is 0.368. The summed E-state index contributed by atoms with van der Waals surface area (Å²) in [7, 11) is 0. The molecule has 2 N–H and O–H groups in total. The van der Waals surface area contributed by atoms with E-state index in [1.807, 2.05) is 19.9 Å². The van der Waals surface area contributed by atoms with Crippen LogP contribution in [0.25, 0.3) is 0 Å². The molecule has 0 aliphatic carbocycles. The number of nitrogens with one attached hydrogen (secondary N) is 1. The number of para-hydroxylation sites is 1. The number of carbonyl (C=O) groups is 1. The molecule has 0 aliphatic heterocycles. The predicted octanol–water partition coefficient (Wildman–Crippen LogP) is 3.40. The lowest BCUT2D eigenvalue weighted by atomic mass is 9.87. The summed E-state index contributed by atoms with van der Waals surface area (Å²) in [6.45, 7) is 6.24. The van der Waals surface area contributed by atoms with Crippen molar-refractivity contribution in [3.8, 4) is 11.5 Å². The van der Waals surface area contributed by atoms with Crippen LogP contribution < -0.4 is 10.1 Å². The van der Waals surface area contributed by atoms with Crippen molar-refractivity contribution in [3.63, 3.8) is 0 Å². The first kappa shape index (κ1) is 17.9. The Morgan fingerprint density at radius 3 is 2.71 bits per heavy atom. The van der Waals surface area contributed by atoms with Crippen molar-refractivity contribution >= 4 is 5.91 Å². The first-order chi connectivity index (χ1) is 11.4. The number of aliphatic hydroxyl groups is 1. The Bertz CT molecular complexity index is 669. The number of rotatable bonds is 7. The van der Waals surface area contributed by atoms with Crippen LogP contribution in [0.5, 0.6) is 11.5 Å². The van der Waals surface area contributed by atoms with Crippen LogP contribution in [0.2, 0.25) is 0 Å². The average Bonchev–Trinajstić information content (AvgIpc) is 2.53. The summed E-state index contributed by atoms with van der Waals surface area (Å²) in [4.78, 5) is 16.5. The van der Waals surface area contributed by atoms with Gasteiger partial charge in [0.1, 0.15) is 11.5 Å². The van der Waals surface area contributed by atoms with Crippen LogP contribution in [0.15, 0.2) is 48.8 Å². The molecule has 0 saturated carbocycles. The van der Waals surface area contributed by atoms with Gasteiger partial charge in [0.15, 0.2) is 0 Å². The number of nitrogens with zero attached hydrogens (tertiary/aromatic N) is 1. The van der Waals surface area contributed by atoms with Gasteiger partial charge in [0.25, 0.3) is 5.91 Å². The third-order valence-electron chi connectivity index (χ3n) is 3.57. The molecule has 1 atom stereocenters. The molecule has 2 rings (SSSR count). The summed E-state index contributed by atoms with van der Waals surface area (Å²) >= 11 is 0. The van der Waals surface area contributed by atoms with Gasteiger partial charge in [0.2, 0.25) is 0 Å². The highest BCUT2D eigenvalue weighted by molar-refractivity contribution is 5.97. The van der Waals surface area contributed by atoms with Crippen LogP contribution in [0.4, 0.5) is 0 Å². The number of carbonyl (C=O) groups excluding carboxylic acids is 1. The smallest absolute Gasteiger partial charge is 0.255 e. The predicted molar refractivity (Wildman–Crippen MR) is 93.2 cm³/mol. The second-order valence-corrected chi connectivity index (χ2v) is 6.69. The number of hydrogen-bond acceptors (Lipinski definition) is 4. The van der Waals surface area contributed by atoms with E-state index in [0.29, 0.717) is 30.0 Å². The molecule has 1 heterocycles. The van der Waals surface area contributed by atoms with E-state index in [2.05, 4.69) is 10.3 Å². The maximum Gasteiger partial charge on any atom is 0.255 e. The molecule has 0 aliphatic rings. The Hall–Kier alpha value is -2.40. The quantitative estimate of drug-likeness (QED) is 0.817. The minimum Gasteiger partial charge on any atom is -0.455 e. The Kier molecular flexibility index (Phi) is 5.93. The average molecular weight is 328 g/mol. The van der Waals surface area contributed by atoms with Crippen molar-refractivity contribution < 1.29 is 14.6 Å². The molecule has 5 nitrogen and oxygen atoms in total. The maximum atomic E-state index is 12.5. The topological polar surface area (TPSA) is 71.5 Å². The molecule has 1 unspecified atom stereocenters. The van der Waals surface area contributed by atoms with E-state index in [1.165, 1.54) is 0 Å². The SMILES string of the molecule is CC(O)CC(C)(C)CNC(=O)c1ccccc1Oc1cccnc1. The largest absolute Gasteiger partial charge is 0.455 e. The molecule has 1 aromatic carbocycles. The highest BCUT2D eigenvalue weighted by Crippen LogP contribution is 2.25. The van der Waals surface area contributed by atoms with Crippen LogP contribution in [-0.4, -0.2) is 28.6 Å². The van der Waals surface area contributed by atoms with Gasteiger partial charge in [-0.05, 0) is 43.0 Å². The molecule has 128 valence electrons. The van der Waals surface area contributed by atoms with E-state index in [-0.39, 0.29) is 11.3 Å². The molecule has 0 spiro atoms. The van der Waals surface area contributed by atoms with Crippen molar-refractivity contribution in [1.82, 2.24) is 10.3 Å². The van der Waals surface area contributed by atoms with E-state index in [4.69, 9.17) is 4.74 Å². The summed E-state index contributed by atoms with van der Waals surface area (Å²) in [5.74, 6) is 0.858. The molecule has 0 saturated heterocycles. The number of ether oxygens (including phenoxy) is 1. The Balaban J connectivity index is 2.07. The molecule has 0 fully saturated rings. The van der Waals surface area contributed by atoms with Crippen LogP contribution in [0.3, 0.4) is 0 Å². The molecular weight excluding hydrogens is 304 g/mol. The number of pyridine rings is 1. The Morgan fingerprint density at radius 2 is 2.04 bits per heavy atom. The fourth-order valence-electron chi connectivity index (χ4n) is 2.56. The van der Waals surface area contributed by atoms with Crippen LogP contribution in [0.1, 0.15) is 37.6 Å². The highest BCUT2D eigenvalue weighted by Gasteiger charge is 2.22. The summed E-state index contributed by atoms with van der Waals surface area (Å²) in [5, 5.41) is 12.5. The Labute approximate surface area is 142 Å². The molecule has 24 heavy (non-hydrogen) atoms. The van der Waals surface area contributed by atoms with E-state index in [1.54, 1.807) is 49.6 Å². The second-order valence-electron chi connectivity index (χ2n) is 6.69. The van der Waals surface area contributed by atoms with Crippen LogP contribution >= 0.6 is 0 Å². The molecule has 2 aromatic rings. The number of amides is 1. The molecule has 1 amide bonds. The van der Waals surface area contributed by atoms with Crippen molar-refractivity contribution in [2.24, 2.45) is 5.41 Å². The van der Waals surface area contributed by atoms with Crippen LogP contribution in [0, 0.1) is 5.41 Å². The number of hydrogen-bond donors (Lipinski definition) is 2. The molecule has 0 radical (unpaired) electrons. The number of aromatic nitrogens is 1. The van der Waals surface area contributed by atoms with E-state index < -0.39 is 6.10 Å². The van der Waals surface area contributed by atoms with E-state index in [0.717, 1.165) is 0 Å². The monoisotopic (exact) mass is 328 g/mol. The van der Waals surface area contributed by atoms with Gasteiger partial charge in [-0.3, -0.25) is 9.78 Å². The molecule has 0 bridgehead atoms. The van der Waals surface area contributed by atoms with Gasteiger partial charge in [0.05, 0.1) is 17.9 Å². The summed E-state index contributed by atoms with van der Waals surface area (Å²) in [6, 6.07) is 10.7. The zero-order valence-electron chi connectivity index (χ0n) is 14.3. The summed E-state index contributed by atoms with van der Waals surface area (Å²) < 4.78 is 5.76. The second kappa shape index (κ2) is 7.93. The van der Waals surface area contributed by atoms with Gasteiger partial charge in [0, 0.05) is 12.7 Å². The normalized spacial score (nSPS) is 12.5. The highest BCUT2D eigenvalue weighted by atomic mass is 16.5. The minimum absolute atomic E-state index is 0.191. The van der Waals surface area contributed by atoms with Gasteiger partial charge >= 0.3 is 0 Å². The summed E-state index contributed by atoms with van der Waals surface area (Å²) in [5.41, 5.74) is 0.275. The van der Waals surface area contributed by atoms with Crippen LogP contribution in [-0.2, 0) is 0 Å². The zero-order chi connectivity index (χ0) is 17.6. The summed E-state index contributed by atoms with van der Waals surface area (Å²) in [6.07, 6.45) is 3.47. The lowest BCUT2D eigenvalue weighted by Crippen LogP contribution is -2.35. The first-order valence-electron chi connectivity index (χ1n) is 8.00. The standard InChI is InChI=1S/C19H24N2O3/c1-14(22)11-19(2,3)13-21-18(23)16-8-4-5-9-17(16)24-15-7-6-10-20-12-15/h4-10,12,14,22H,11,13H2,1-3H3,(H,21,23). The lowest BCUT2D eigenvalue weighted by Gasteiger charge is -2.26. The zero-order valence-corrected chi connectivity index (χ0v) is 14.3. The first-order valence-corrected chi connectivity index (χ1v) is 8.00. The molecule has 5 heteroatoms. The lowest BCUT2D eigenvalue weighted by molar-refractivity contribution is 0.0900. The van der Waals surface area contributed by atoms with Gasteiger partial charge in [-0.15, -0.1) is 0 Å². The maximum absolute atomic E-state index is 12.5. The number of benzene rings is 1. The van der Waals surface area contributed by atoms with Gasteiger partial charge < -0.3 is 15.2 Å². The third kappa shape index (κ3) is 5.35. The molecular formula is C19H24N2O3. The van der Waals surface area contributed by atoms with Crippen molar-refractivity contribution in [2.45, 2.75) is 33.3 Å². The third-order valence-corrected chi connectivity index (χ3v) is 3.57. The van der Waals surface area contributed by atoms with Crippen molar-refractivity contribution in [2.75, 3.05) is 6.54 Å². The van der Waals surface area contributed by atoms with Gasteiger partial charge in [-0.1, -0.05) is 26.0 Å².